The molecule has 1 aromatic heterocycles. The normalized spacial score (nSPS) is 11.0. The fraction of sp³-hybridized carbons (Fsp3) is 0.0833. The van der Waals surface area contributed by atoms with Gasteiger partial charge in [0.2, 0.25) is 0 Å². The molecule has 0 amide bonds. The van der Waals surface area contributed by atoms with E-state index in [1.54, 1.807) is 30.3 Å². The first-order chi connectivity index (χ1) is 9.03. The monoisotopic (exact) mass is 279 g/mol. The maximum atomic E-state index is 12.1. The van der Waals surface area contributed by atoms with E-state index in [2.05, 4.69) is 9.71 Å². The quantitative estimate of drug-likeness (QED) is 0.883. The Morgan fingerprint density at radius 2 is 2.05 bits per heavy atom. The highest BCUT2D eigenvalue weighted by Gasteiger charge is 2.18. The number of nitrogens with zero attached hydrogens (tertiary/aromatic N) is 1. The van der Waals surface area contributed by atoms with Crippen molar-refractivity contribution in [3.8, 4) is 5.75 Å². The van der Waals surface area contributed by atoms with E-state index in [4.69, 9.17) is 10.5 Å². The molecular weight excluding hydrogens is 266 g/mol. The highest BCUT2D eigenvalue weighted by Crippen LogP contribution is 2.21. The van der Waals surface area contributed by atoms with E-state index in [0.29, 0.717) is 11.4 Å². The molecule has 0 fully saturated rings. The maximum Gasteiger partial charge on any atom is 0.281 e. The Kier molecular flexibility index (Phi) is 3.57. The first-order valence-electron chi connectivity index (χ1n) is 5.40. The molecule has 19 heavy (non-hydrogen) atoms. The first kappa shape index (κ1) is 13.2. The van der Waals surface area contributed by atoms with Crippen molar-refractivity contribution in [3.05, 3.63) is 42.6 Å². The van der Waals surface area contributed by atoms with Crippen LogP contribution in [-0.2, 0) is 10.0 Å². The highest BCUT2D eigenvalue weighted by atomic mass is 32.2. The Labute approximate surface area is 111 Å². The Morgan fingerprint density at radius 3 is 2.74 bits per heavy atom. The van der Waals surface area contributed by atoms with E-state index in [-0.39, 0.29) is 10.7 Å². The number of nitrogens with one attached hydrogen (secondary N) is 1. The lowest BCUT2D eigenvalue weighted by Crippen LogP contribution is -2.16. The Bertz CT molecular complexity index is 686. The summed E-state index contributed by atoms with van der Waals surface area (Å²) in [6.07, 6.45) is 1.37. The number of hydrogen-bond donors (Lipinski definition) is 2. The van der Waals surface area contributed by atoms with Gasteiger partial charge in [-0.25, -0.2) is 4.98 Å². The molecule has 1 heterocycles. The average Bonchev–Trinajstić information content (AvgIpc) is 2.38. The van der Waals surface area contributed by atoms with Gasteiger partial charge in [-0.15, -0.1) is 0 Å². The number of methoxy groups -OCH3 is 1. The van der Waals surface area contributed by atoms with Gasteiger partial charge in [-0.2, -0.15) is 8.42 Å². The summed E-state index contributed by atoms with van der Waals surface area (Å²) < 4.78 is 31.7. The van der Waals surface area contributed by atoms with Crippen LogP contribution in [0.1, 0.15) is 0 Å². The van der Waals surface area contributed by atoms with Crippen LogP contribution in [0, 0.1) is 0 Å². The van der Waals surface area contributed by atoms with Gasteiger partial charge in [0.1, 0.15) is 5.75 Å². The summed E-state index contributed by atoms with van der Waals surface area (Å²) in [6, 6.07) is 9.62. The minimum Gasteiger partial charge on any atom is -0.497 e. The fourth-order valence-corrected chi connectivity index (χ4v) is 2.63. The van der Waals surface area contributed by atoms with Crippen LogP contribution < -0.4 is 15.2 Å². The summed E-state index contributed by atoms with van der Waals surface area (Å²) in [5.41, 5.74) is 6.08. The number of aromatic nitrogens is 1. The standard InChI is InChI=1S/C12H13N3O3S/c1-18-10-5-2-4-9(8-10)15-19(16,17)12-11(13)6-3-7-14-12/h2-8,15H,13H2,1H3. The van der Waals surface area contributed by atoms with Crippen LogP contribution in [-0.4, -0.2) is 20.5 Å². The molecule has 0 aliphatic heterocycles. The summed E-state index contributed by atoms with van der Waals surface area (Å²) in [4.78, 5) is 3.78. The summed E-state index contributed by atoms with van der Waals surface area (Å²) >= 11 is 0. The predicted molar refractivity (Wildman–Crippen MR) is 72.5 cm³/mol. The van der Waals surface area contributed by atoms with Crippen LogP contribution in [0.15, 0.2) is 47.6 Å². The van der Waals surface area contributed by atoms with Gasteiger partial charge in [-0.1, -0.05) is 6.07 Å². The van der Waals surface area contributed by atoms with Gasteiger partial charge in [-0.3, -0.25) is 4.72 Å². The molecule has 0 saturated carbocycles. The topological polar surface area (TPSA) is 94.3 Å². The number of hydrogen-bond acceptors (Lipinski definition) is 5. The molecule has 0 unspecified atom stereocenters. The number of nitrogen functional groups attached to an aromatic ring is 1. The number of ether oxygens (including phenoxy) is 1. The first-order valence-corrected chi connectivity index (χ1v) is 6.88. The second-order valence-corrected chi connectivity index (χ2v) is 5.33. The van der Waals surface area contributed by atoms with Crippen LogP contribution in [0.5, 0.6) is 5.75 Å². The second-order valence-electron chi connectivity index (χ2n) is 3.74. The number of benzene rings is 1. The lowest BCUT2D eigenvalue weighted by molar-refractivity contribution is 0.415. The molecular formula is C12H13N3O3S. The summed E-state index contributed by atoms with van der Waals surface area (Å²) in [5, 5.41) is -0.196. The number of sulfonamides is 1. The Hall–Kier alpha value is -2.28. The summed E-state index contributed by atoms with van der Waals surface area (Å²) in [5.74, 6) is 0.550. The van der Waals surface area contributed by atoms with Crippen molar-refractivity contribution in [2.24, 2.45) is 0 Å². The molecule has 2 rings (SSSR count). The third-order valence-corrected chi connectivity index (χ3v) is 3.73. The molecule has 3 N–H and O–H groups in total. The van der Waals surface area contributed by atoms with Gasteiger partial charge < -0.3 is 10.5 Å². The molecule has 0 radical (unpaired) electrons. The number of anilines is 2. The van der Waals surface area contributed by atoms with Crippen molar-refractivity contribution < 1.29 is 13.2 Å². The molecule has 0 spiro atoms. The zero-order chi connectivity index (χ0) is 13.9. The molecule has 0 aliphatic rings. The number of pyridine rings is 1. The third-order valence-electron chi connectivity index (χ3n) is 2.38. The van der Waals surface area contributed by atoms with Gasteiger partial charge in [0, 0.05) is 12.3 Å². The number of rotatable bonds is 4. The molecule has 0 saturated heterocycles. The van der Waals surface area contributed by atoms with Crippen molar-refractivity contribution in [3.63, 3.8) is 0 Å². The minimum atomic E-state index is -3.81. The average molecular weight is 279 g/mol. The van der Waals surface area contributed by atoms with E-state index in [9.17, 15) is 8.42 Å². The highest BCUT2D eigenvalue weighted by molar-refractivity contribution is 7.92. The van der Waals surface area contributed by atoms with Crippen molar-refractivity contribution in [2.75, 3.05) is 17.6 Å². The predicted octanol–water partition coefficient (Wildman–Crippen LogP) is 1.47. The van der Waals surface area contributed by atoms with Crippen molar-refractivity contribution in [2.45, 2.75) is 5.03 Å². The molecule has 2 aromatic rings. The van der Waals surface area contributed by atoms with Gasteiger partial charge in [0.15, 0.2) is 5.03 Å². The maximum absolute atomic E-state index is 12.1. The molecule has 7 heteroatoms. The Balaban J connectivity index is 2.34. The second kappa shape index (κ2) is 5.15. The lowest BCUT2D eigenvalue weighted by atomic mass is 10.3. The van der Waals surface area contributed by atoms with Crippen molar-refractivity contribution >= 4 is 21.4 Å². The van der Waals surface area contributed by atoms with Crippen LogP contribution in [0.3, 0.4) is 0 Å². The fourth-order valence-electron chi connectivity index (χ4n) is 1.52. The lowest BCUT2D eigenvalue weighted by Gasteiger charge is -2.09. The van der Waals surface area contributed by atoms with Crippen LogP contribution in [0.2, 0.25) is 0 Å². The van der Waals surface area contributed by atoms with E-state index in [1.807, 2.05) is 0 Å². The molecule has 100 valence electrons. The zero-order valence-electron chi connectivity index (χ0n) is 10.2. The smallest absolute Gasteiger partial charge is 0.281 e. The molecule has 0 bridgehead atoms. The summed E-state index contributed by atoms with van der Waals surface area (Å²) in [6.45, 7) is 0. The largest absolute Gasteiger partial charge is 0.497 e. The third kappa shape index (κ3) is 2.94. The minimum absolute atomic E-state index is 0.0953. The van der Waals surface area contributed by atoms with Gasteiger partial charge in [0.25, 0.3) is 10.0 Å². The van der Waals surface area contributed by atoms with Gasteiger partial charge >= 0.3 is 0 Å². The van der Waals surface area contributed by atoms with Crippen LogP contribution >= 0.6 is 0 Å². The van der Waals surface area contributed by atoms with E-state index >= 15 is 0 Å². The van der Waals surface area contributed by atoms with E-state index < -0.39 is 10.0 Å². The van der Waals surface area contributed by atoms with Gasteiger partial charge in [0.05, 0.1) is 18.5 Å². The molecule has 6 nitrogen and oxygen atoms in total. The van der Waals surface area contributed by atoms with Crippen molar-refractivity contribution in [1.29, 1.82) is 0 Å². The van der Waals surface area contributed by atoms with Crippen LogP contribution in [0.4, 0.5) is 11.4 Å². The Morgan fingerprint density at radius 1 is 1.26 bits per heavy atom. The molecule has 1 aromatic carbocycles. The van der Waals surface area contributed by atoms with E-state index in [1.165, 1.54) is 19.4 Å². The molecule has 0 aliphatic carbocycles. The SMILES string of the molecule is COc1cccc(NS(=O)(=O)c2ncccc2N)c1. The van der Waals surface area contributed by atoms with Crippen molar-refractivity contribution in [1.82, 2.24) is 4.98 Å². The van der Waals surface area contributed by atoms with Crippen LogP contribution in [0.25, 0.3) is 0 Å². The summed E-state index contributed by atoms with van der Waals surface area (Å²) in [7, 11) is -2.31. The number of nitrogens with two attached hydrogens (primary N) is 1. The van der Waals surface area contributed by atoms with Gasteiger partial charge in [-0.05, 0) is 24.3 Å². The van der Waals surface area contributed by atoms with E-state index in [0.717, 1.165) is 0 Å². The molecule has 0 atom stereocenters. The zero-order valence-corrected chi connectivity index (χ0v) is 11.0.